The lowest BCUT2D eigenvalue weighted by Gasteiger charge is -2.28. The van der Waals surface area contributed by atoms with Crippen LogP contribution in [-0.4, -0.2) is 36.5 Å². The van der Waals surface area contributed by atoms with Crippen LogP contribution in [0.2, 0.25) is 0 Å². The van der Waals surface area contributed by atoms with Gasteiger partial charge in [0.1, 0.15) is 6.54 Å². The fraction of sp³-hybridized carbons (Fsp3) is 0.700. The van der Waals surface area contributed by atoms with Crippen LogP contribution < -0.4 is 0 Å². The molecule has 0 aromatic rings. The monoisotopic (exact) mass is 210 g/mol. The molecule has 5 heteroatoms. The molecule has 1 rings (SSSR count). The van der Waals surface area contributed by atoms with E-state index in [1.807, 2.05) is 6.07 Å². The molecule has 1 fully saturated rings. The van der Waals surface area contributed by atoms with Gasteiger partial charge in [0.25, 0.3) is 0 Å². The number of hydrogen-bond donors (Lipinski definition) is 0. The number of hydrogen-bond acceptors (Lipinski definition) is 4. The second-order valence-electron chi connectivity index (χ2n) is 3.42. The molecule has 0 N–H and O–H groups in total. The highest BCUT2D eigenvalue weighted by atomic mass is 16.5. The molecule has 1 amide bonds. The van der Waals surface area contributed by atoms with Crippen molar-refractivity contribution in [3.8, 4) is 6.07 Å². The van der Waals surface area contributed by atoms with Crippen LogP contribution in [0.5, 0.6) is 0 Å². The summed E-state index contributed by atoms with van der Waals surface area (Å²) in [4.78, 5) is 24.3. The van der Waals surface area contributed by atoms with Crippen LogP contribution in [0.3, 0.4) is 0 Å². The standard InChI is InChI=1S/C10H14N2O3/c1-2-15-10(14)8-3-5-12(6-4-11)9(13)7-8/h8H,2-3,5-7H2,1H3. The number of nitriles is 1. The average molecular weight is 210 g/mol. The van der Waals surface area contributed by atoms with Crippen molar-refractivity contribution in [1.82, 2.24) is 4.90 Å². The highest BCUT2D eigenvalue weighted by Gasteiger charge is 2.30. The molecule has 0 aliphatic carbocycles. The van der Waals surface area contributed by atoms with Gasteiger partial charge in [0.05, 0.1) is 18.6 Å². The maximum absolute atomic E-state index is 11.5. The predicted octanol–water partition coefficient (Wildman–Crippen LogP) is 0.312. The first-order valence-corrected chi connectivity index (χ1v) is 5.00. The van der Waals surface area contributed by atoms with Crippen LogP contribution in [0.25, 0.3) is 0 Å². The van der Waals surface area contributed by atoms with Gasteiger partial charge in [-0.15, -0.1) is 0 Å². The first-order valence-electron chi connectivity index (χ1n) is 5.00. The lowest BCUT2D eigenvalue weighted by atomic mass is 9.96. The number of carbonyl (C=O) groups is 2. The van der Waals surface area contributed by atoms with Crippen LogP contribution >= 0.6 is 0 Å². The molecular formula is C10H14N2O3. The quantitative estimate of drug-likeness (QED) is 0.496. The van der Waals surface area contributed by atoms with E-state index in [4.69, 9.17) is 10.00 Å². The second-order valence-corrected chi connectivity index (χ2v) is 3.42. The van der Waals surface area contributed by atoms with E-state index >= 15 is 0 Å². The third kappa shape index (κ3) is 2.94. The Morgan fingerprint density at radius 2 is 2.47 bits per heavy atom. The van der Waals surface area contributed by atoms with Gasteiger partial charge in [-0.25, -0.2) is 0 Å². The first kappa shape index (κ1) is 11.5. The molecule has 5 nitrogen and oxygen atoms in total. The zero-order valence-electron chi connectivity index (χ0n) is 8.73. The molecule has 0 bridgehead atoms. The summed E-state index contributed by atoms with van der Waals surface area (Å²) in [5.41, 5.74) is 0. The SMILES string of the molecule is CCOC(=O)C1CCN(CC#N)C(=O)C1. The van der Waals surface area contributed by atoms with Gasteiger partial charge < -0.3 is 9.64 Å². The Morgan fingerprint density at radius 1 is 1.73 bits per heavy atom. The van der Waals surface area contributed by atoms with Gasteiger partial charge in [-0.05, 0) is 13.3 Å². The molecule has 1 unspecified atom stereocenters. The van der Waals surface area contributed by atoms with E-state index in [1.54, 1.807) is 6.92 Å². The minimum absolute atomic E-state index is 0.106. The molecule has 15 heavy (non-hydrogen) atoms. The van der Waals surface area contributed by atoms with Crippen molar-refractivity contribution in [1.29, 1.82) is 5.26 Å². The summed E-state index contributed by atoms with van der Waals surface area (Å²) < 4.78 is 4.85. The highest BCUT2D eigenvalue weighted by molar-refractivity contribution is 5.84. The zero-order valence-corrected chi connectivity index (χ0v) is 8.73. The van der Waals surface area contributed by atoms with Gasteiger partial charge in [0.15, 0.2) is 0 Å². The minimum atomic E-state index is -0.326. The van der Waals surface area contributed by atoms with E-state index in [9.17, 15) is 9.59 Å². The molecule has 1 aliphatic heterocycles. The van der Waals surface area contributed by atoms with Crippen molar-refractivity contribution >= 4 is 11.9 Å². The van der Waals surface area contributed by atoms with Crippen molar-refractivity contribution in [2.75, 3.05) is 19.7 Å². The van der Waals surface area contributed by atoms with Crippen molar-refractivity contribution in [2.24, 2.45) is 5.92 Å². The fourth-order valence-corrected chi connectivity index (χ4v) is 1.59. The summed E-state index contributed by atoms with van der Waals surface area (Å²) in [6.45, 7) is 2.65. The van der Waals surface area contributed by atoms with Gasteiger partial charge in [-0.3, -0.25) is 9.59 Å². The largest absolute Gasteiger partial charge is 0.466 e. The molecule has 0 saturated carbocycles. The lowest BCUT2D eigenvalue weighted by Crippen LogP contribution is -2.41. The zero-order chi connectivity index (χ0) is 11.3. The summed E-state index contributed by atoms with van der Waals surface area (Å²) >= 11 is 0. The van der Waals surface area contributed by atoms with E-state index in [0.717, 1.165) is 0 Å². The van der Waals surface area contributed by atoms with Crippen LogP contribution in [0.1, 0.15) is 19.8 Å². The Kier molecular flexibility index (Phi) is 4.10. The van der Waals surface area contributed by atoms with Crippen LogP contribution in [0.4, 0.5) is 0 Å². The lowest BCUT2D eigenvalue weighted by molar-refractivity contribution is -0.153. The summed E-state index contributed by atoms with van der Waals surface area (Å²) in [6.07, 6.45) is 0.757. The molecule has 82 valence electrons. The van der Waals surface area contributed by atoms with Crippen LogP contribution in [0, 0.1) is 17.2 Å². The summed E-state index contributed by atoms with van der Waals surface area (Å²) in [6, 6.07) is 1.93. The molecule has 0 radical (unpaired) electrons. The summed E-state index contributed by atoms with van der Waals surface area (Å²) in [5.74, 6) is -0.768. The maximum Gasteiger partial charge on any atom is 0.309 e. The van der Waals surface area contributed by atoms with Gasteiger partial charge in [0, 0.05) is 13.0 Å². The van der Waals surface area contributed by atoms with E-state index in [1.165, 1.54) is 4.90 Å². The Hall–Kier alpha value is -1.57. The van der Waals surface area contributed by atoms with E-state index in [2.05, 4.69) is 0 Å². The van der Waals surface area contributed by atoms with Crippen molar-refractivity contribution in [3.63, 3.8) is 0 Å². The van der Waals surface area contributed by atoms with Gasteiger partial charge >= 0.3 is 5.97 Å². The summed E-state index contributed by atoms with van der Waals surface area (Å²) in [5, 5.41) is 8.46. The number of likely N-dealkylation sites (tertiary alicyclic amines) is 1. The normalized spacial score (nSPS) is 20.9. The molecule has 1 aliphatic rings. The van der Waals surface area contributed by atoms with Crippen molar-refractivity contribution in [3.05, 3.63) is 0 Å². The molecular weight excluding hydrogens is 196 g/mol. The predicted molar refractivity (Wildman–Crippen MR) is 51.6 cm³/mol. The Labute approximate surface area is 88.6 Å². The van der Waals surface area contributed by atoms with E-state index in [-0.39, 0.29) is 30.8 Å². The van der Waals surface area contributed by atoms with Gasteiger partial charge in [0.2, 0.25) is 5.91 Å². The number of nitrogens with zero attached hydrogens (tertiary/aromatic N) is 2. The molecule has 1 atom stereocenters. The average Bonchev–Trinajstić information content (AvgIpc) is 2.21. The fourth-order valence-electron chi connectivity index (χ4n) is 1.59. The van der Waals surface area contributed by atoms with E-state index < -0.39 is 0 Å². The molecule has 1 saturated heterocycles. The molecule has 0 aromatic heterocycles. The Balaban J connectivity index is 2.47. The van der Waals surface area contributed by atoms with Crippen LogP contribution in [0.15, 0.2) is 0 Å². The number of piperidine rings is 1. The highest BCUT2D eigenvalue weighted by Crippen LogP contribution is 2.19. The smallest absolute Gasteiger partial charge is 0.309 e. The van der Waals surface area contributed by atoms with Gasteiger partial charge in [-0.1, -0.05) is 0 Å². The third-order valence-corrected chi connectivity index (χ3v) is 2.40. The second kappa shape index (κ2) is 5.35. The Bertz CT molecular complexity index is 296. The number of amides is 1. The number of rotatable bonds is 3. The van der Waals surface area contributed by atoms with Gasteiger partial charge in [-0.2, -0.15) is 5.26 Å². The molecule has 0 aromatic carbocycles. The van der Waals surface area contributed by atoms with Crippen LogP contribution in [-0.2, 0) is 14.3 Å². The topological polar surface area (TPSA) is 70.4 Å². The minimum Gasteiger partial charge on any atom is -0.466 e. The number of ether oxygens (including phenoxy) is 1. The first-order chi connectivity index (χ1) is 7.19. The maximum atomic E-state index is 11.5. The van der Waals surface area contributed by atoms with Crippen molar-refractivity contribution in [2.45, 2.75) is 19.8 Å². The number of carbonyl (C=O) groups excluding carboxylic acids is 2. The van der Waals surface area contributed by atoms with Crippen molar-refractivity contribution < 1.29 is 14.3 Å². The third-order valence-electron chi connectivity index (χ3n) is 2.40. The molecule has 0 spiro atoms. The Morgan fingerprint density at radius 3 is 3.00 bits per heavy atom. The molecule has 1 heterocycles. The summed E-state index contributed by atoms with van der Waals surface area (Å²) in [7, 11) is 0. The number of esters is 1. The van der Waals surface area contributed by atoms with E-state index in [0.29, 0.717) is 19.6 Å².